The standard InChI is InChI=1S/C26H25NO6/c1-30-21-15-13-20(14-16-21)24-27(26(29)32-17-18-9-5-3-6-10-18)22(19-11-7-4-8-12-19)23(33-24)25(28)31-2/h3-16,22-24H,17H2,1-2H3/t22-,23+,24?/m0/s1. The summed E-state index contributed by atoms with van der Waals surface area (Å²) in [5, 5.41) is 0. The number of ether oxygens (including phenoxy) is 4. The fraction of sp³-hybridized carbons (Fsp3) is 0.231. The minimum Gasteiger partial charge on any atom is -0.497 e. The van der Waals surface area contributed by atoms with Gasteiger partial charge in [-0.1, -0.05) is 72.8 Å². The highest BCUT2D eigenvalue weighted by molar-refractivity contribution is 5.79. The maximum Gasteiger partial charge on any atom is 0.413 e. The average molecular weight is 447 g/mol. The van der Waals surface area contributed by atoms with Gasteiger partial charge in [-0.05, 0) is 23.3 Å². The number of esters is 1. The molecule has 1 fully saturated rings. The average Bonchev–Trinajstić information content (AvgIpc) is 3.29. The molecule has 0 aromatic heterocycles. The van der Waals surface area contributed by atoms with Crippen molar-refractivity contribution in [3.63, 3.8) is 0 Å². The number of carbonyl (C=O) groups is 2. The number of amides is 1. The van der Waals surface area contributed by atoms with E-state index in [9.17, 15) is 9.59 Å². The van der Waals surface area contributed by atoms with E-state index in [2.05, 4.69) is 0 Å². The summed E-state index contributed by atoms with van der Waals surface area (Å²) >= 11 is 0. The molecular weight excluding hydrogens is 422 g/mol. The maximum absolute atomic E-state index is 13.4. The summed E-state index contributed by atoms with van der Waals surface area (Å²) in [5.41, 5.74) is 2.27. The summed E-state index contributed by atoms with van der Waals surface area (Å²) in [6.07, 6.45) is -2.47. The van der Waals surface area contributed by atoms with E-state index in [1.807, 2.05) is 60.7 Å². The van der Waals surface area contributed by atoms with E-state index in [0.717, 1.165) is 11.1 Å². The first-order valence-electron chi connectivity index (χ1n) is 10.5. The summed E-state index contributed by atoms with van der Waals surface area (Å²) in [5.74, 6) is 0.0970. The van der Waals surface area contributed by atoms with E-state index < -0.39 is 30.4 Å². The van der Waals surface area contributed by atoms with E-state index in [0.29, 0.717) is 11.3 Å². The van der Waals surface area contributed by atoms with Crippen molar-refractivity contribution in [2.24, 2.45) is 0 Å². The summed E-state index contributed by atoms with van der Waals surface area (Å²) in [4.78, 5) is 27.5. The Labute approximate surface area is 192 Å². The van der Waals surface area contributed by atoms with Crippen molar-refractivity contribution in [1.29, 1.82) is 0 Å². The molecule has 0 aliphatic carbocycles. The summed E-state index contributed by atoms with van der Waals surface area (Å²) < 4.78 is 22.0. The molecule has 7 heteroatoms. The maximum atomic E-state index is 13.4. The molecule has 0 spiro atoms. The van der Waals surface area contributed by atoms with Crippen molar-refractivity contribution in [3.05, 3.63) is 102 Å². The molecule has 3 aromatic carbocycles. The normalized spacial score (nSPS) is 19.7. The Morgan fingerprint density at radius 1 is 0.848 bits per heavy atom. The minimum absolute atomic E-state index is 0.0932. The quantitative estimate of drug-likeness (QED) is 0.513. The molecule has 170 valence electrons. The van der Waals surface area contributed by atoms with Gasteiger partial charge >= 0.3 is 12.1 Å². The lowest BCUT2D eigenvalue weighted by atomic mass is 10.0. The van der Waals surface area contributed by atoms with Crippen LogP contribution in [0.2, 0.25) is 0 Å². The van der Waals surface area contributed by atoms with Crippen molar-refractivity contribution in [1.82, 2.24) is 4.90 Å². The van der Waals surface area contributed by atoms with Crippen molar-refractivity contribution in [2.45, 2.75) is 25.0 Å². The van der Waals surface area contributed by atoms with Gasteiger partial charge in [-0.15, -0.1) is 0 Å². The predicted molar refractivity (Wildman–Crippen MR) is 120 cm³/mol. The van der Waals surface area contributed by atoms with Gasteiger partial charge in [-0.25, -0.2) is 9.59 Å². The van der Waals surface area contributed by atoms with E-state index in [1.54, 1.807) is 31.4 Å². The van der Waals surface area contributed by atoms with Crippen molar-refractivity contribution < 1.29 is 28.5 Å². The SMILES string of the molecule is COC(=O)[C@@H]1OC(c2ccc(OC)cc2)N(C(=O)OCc2ccccc2)[C@H]1c1ccccc1. The summed E-state index contributed by atoms with van der Waals surface area (Å²) in [6, 6.07) is 25.1. The third-order valence-electron chi connectivity index (χ3n) is 5.51. The Kier molecular flexibility index (Phi) is 6.90. The first kappa shape index (κ1) is 22.4. The predicted octanol–water partition coefficient (Wildman–Crippen LogP) is 4.65. The number of benzene rings is 3. The largest absolute Gasteiger partial charge is 0.497 e. The third kappa shape index (κ3) is 4.83. The number of carbonyl (C=O) groups excluding carboxylic acids is 2. The Hall–Kier alpha value is -3.84. The first-order chi connectivity index (χ1) is 16.1. The molecule has 0 N–H and O–H groups in total. The van der Waals surface area contributed by atoms with Gasteiger partial charge in [0.1, 0.15) is 18.4 Å². The number of rotatable bonds is 6. The lowest BCUT2D eigenvalue weighted by molar-refractivity contribution is -0.154. The van der Waals surface area contributed by atoms with Gasteiger partial charge < -0.3 is 18.9 Å². The second-order valence-corrected chi connectivity index (χ2v) is 7.51. The zero-order valence-electron chi connectivity index (χ0n) is 18.4. The van der Waals surface area contributed by atoms with Crippen LogP contribution in [0.3, 0.4) is 0 Å². The zero-order chi connectivity index (χ0) is 23.2. The van der Waals surface area contributed by atoms with Crippen LogP contribution in [-0.2, 0) is 25.6 Å². The molecule has 0 bridgehead atoms. The smallest absolute Gasteiger partial charge is 0.413 e. The molecule has 1 aliphatic heterocycles. The van der Waals surface area contributed by atoms with Crippen molar-refractivity contribution >= 4 is 12.1 Å². The van der Waals surface area contributed by atoms with E-state index in [1.165, 1.54) is 12.0 Å². The molecule has 7 nitrogen and oxygen atoms in total. The number of hydrogen-bond acceptors (Lipinski definition) is 6. The van der Waals surface area contributed by atoms with Gasteiger partial charge in [0, 0.05) is 5.56 Å². The molecule has 1 unspecified atom stereocenters. The number of methoxy groups -OCH3 is 2. The Bertz CT molecular complexity index is 1070. The lowest BCUT2D eigenvalue weighted by Gasteiger charge is -2.28. The van der Waals surface area contributed by atoms with Gasteiger partial charge in [-0.2, -0.15) is 0 Å². The van der Waals surface area contributed by atoms with Crippen LogP contribution in [-0.4, -0.2) is 37.3 Å². The van der Waals surface area contributed by atoms with Gasteiger partial charge in [0.15, 0.2) is 12.3 Å². The van der Waals surface area contributed by atoms with E-state index in [4.69, 9.17) is 18.9 Å². The minimum atomic E-state index is -1.02. The molecule has 1 aliphatic rings. The highest BCUT2D eigenvalue weighted by atomic mass is 16.6. The molecule has 0 saturated carbocycles. The van der Waals surface area contributed by atoms with Gasteiger partial charge in [-0.3, -0.25) is 4.90 Å². The Morgan fingerprint density at radius 2 is 1.48 bits per heavy atom. The second-order valence-electron chi connectivity index (χ2n) is 7.51. The third-order valence-corrected chi connectivity index (χ3v) is 5.51. The van der Waals surface area contributed by atoms with E-state index >= 15 is 0 Å². The molecule has 1 amide bonds. The van der Waals surface area contributed by atoms with Gasteiger partial charge in [0.25, 0.3) is 0 Å². The molecular formula is C26H25NO6. The monoisotopic (exact) mass is 447 g/mol. The molecule has 3 atom stereocenters. The van der Waals surface area contributed by atoms with Crippen LogP contribution in [0.15, 0.2) is 84.9 Å². The molecule has 1 saturated heterocycles. The molecule has 33 heavy (non-hydrogen) atoms. The summed E-state index contributed by atoms with van der Waals surface area (Å²) in [6.45, 7) is 0.0932. The fourth-order valence-corrected chi connectivity index (χ4v) is 3.87. The van der Waals surface area contributed by atoms with Crippen molar-refractivity contribution in [3.8, 4) is 5.75 Å². The topological polar surface area (TPSA) is 74.3 Å². The van der Waals surface area contributed by atoms with Crippen LogP contribution >= 0.6 is 0 Å². The van der Waals surface area contributed by atoms with Crippen LogP contribution in [0.1, 0.15) is 29.0 Å². The fourth-order valence-electron chi connectivity index (χ4n) is 3.87. The first-order valence-corrected chi connectivity index (χ1v) is 10.5. The van der Waals surface area contributed by atoms with Crippen LogP contribution in [0.4, 0.5) is 4.79 Å². The number of nitrogens with zero attached hydrogens (tertiary/aromatic N) is 1. The summed E-state index contributed by atoms with van der Waals surface area (Å²) in [7, 11) is 2.87. The second kappa shape index (κ2) is 10.2. The Balaban J connectivity index is 1.71. The Morgan fingerprint density at radius 3 is 2.09 bits per heavy atom. The molecule has 4 rings (SSSR count). The van der Waals surface area contributed by atoms with Crippen LogP contribution in [0.25, 0.3) is 0 Å². The molecule has 3 aromatic rings. The van der Waals surface area contributed by atoms with Crippen LogP contribution in [0.5, 0.6) is 5.75 Å². The van der Waals surface area contributed by atoms with Gasteiger partial charge in [0.2, 0.25) is 0 Å². The molecule has 1 heterocycles. The van der Waals surface area contributed by atoms with Crippen molar-refractivity contribution in [2.75, 3.05) is 14.2 Å². The van der Waals surface area contributed by atoms with Crippen LogP contribution in [0, 0.1) is 0 Å². The lowest BCUT2D eigenvalue weighted by Crippen LogP contribution is -2.37. The number of hydrogen-bond donors (Lipinski definition) is 0. The molecule has 0 radical (unpaired) electrons. The van der Waals surface area contributed by atoms with Crippen LogP contribution < -0.4 is 4.74 Å². The van der Waals surface area contributed by atoms with E-state index in [-0.39, 0.29) is 6.61 Å². The highest BCUT2D eigenvalue weighted by Crippen LogP contribution is 2.44. The van der Waals surface area contributed by atoms with Gasteiger partial charge in [0.05, 0.1) is 14.2 Å². The highest BCUT2D eigenvalue weighted by Gasteiger charge is 2.51. The zero-order valence-corrected chi connectivity index (χ0v) is 18.4.